The highest BCUT2D eigenvalue weighted by Gasteiger charge is 2.23. The van der Waals surface area contributed by atoms with Crippen LogP contribution in [-0.4, -0.2) is 0 Å². The van der Waals surface area contributed by atoms with Crippen LogP contribution in [0.25, 0.3) is 84.5 Å². The van der Waals surface area contributed by atoms with Crippen LogP contribution in [0.3, 0.4) is 0 Å². The number of nitrogens with zero attached hydrogens (tertiary/aromatic N) is 1. The quantitative estimate of drug-likeness (QED) is 0.164. The molecule has 0 spiro atoms. The second-order valence-electron chi connectivity index (χ2n) is 14.0. The molecule has 1 nitrogen and oxygen atoms in total. The molecular weight excluding hydrogens is 703 g/mol. The van der Waals surface area contributed by atoms with E-state index in [4.69, 9.17) is 0 Å². The highest BCUT2D eigenvalue weighted by Crippen LogP contribution is 2.49. The van der Waals surface area contributed by atoms with E-state index in [1.807, 2.05) is 22.7 Å². The van der Waals surface area contributed by atoms with Crippen LogP contribution in [-0.2, 0) is 0 Å². The van der Waals surface area contributed by atoms with Crippen molar-refractivity contribution in [2.45, 2.75) is 0 Å². The molecule has 0 N–H and O–H groups in total. The summed E-state index contributed by atoms with van der Waals surface area (Å²) in [5.74, 6) is 0. The highest BCUT2D eigenvalue weighted by atomic mass is 32.1. The van der Waals surface area contributed by atoms with Gasteiger partial charge in [-0.25, -0.2) is 0 Å². The molecule has 0 fully saturated rings. The van der Waals surface area contributed by atoms with Gasteiger partial charge in [-0.1, -0.05) is 164 Å². The Hall–Kier alpha value is -6.52. The average molecular weight is 736 g/mol. The molecule has 2 heterocycles. The van der Waals surface area contributed by atoms with E-state index in [0.717, 1.165) is 11.4 Å². The molecule has 2 aromatic heterocycles. The highest BCUT2D eigenvalue weighted by molar-refractivity contribution is 7.26. The molecular formula is C52H33NS2. The number of anilines is 3. The van der Waals surface area contributed by atoms with E-state index < -0.39 is 0 Å². The molecule has 3 heteroatoms. The first-order valence-electron chi connectivity index (χ1n) is 18.7. The normalized spacial score (nSPS) is 11.6. The molecule has 55 heavy (non-hydrogen) atoms. The van der Waals surface area contributed by atoms with Gasteiger partial charge < -0.3 is 4.90 Å². The van der Waals surface area contributed by atoms with Crippen molar-refractivity contribution in [3.63, 3.8) is 0 Å². The van der Waals surface area contributed by atoms with Crippen molar-refractivity contribution in [2.24, 2.45) is 0 Å². The third-order valence-corrected chi connectivity index (χ3v) is 13.3. The molecule has 0 amide bonds. The van der Waals surface area contributed by atoms with Crippen LogP contribution < -0.4 is 4.90 Å². The van der Waals surface area contributed by atoms with Crippen molar-refractivity contribution in [1.29, 1.82) is 0 Å². The molecule has 0 aliphatic heterocycles. The summed E-state index contributed by atoms with van der Waals surface area (Å²) in [5, 5.41) is 7.69. The largest absolute Gasteiger partial charge is 0.308 e. The van der Waals surface area contributed by atoms with Gasteiger partial charge >= 0.3 is 0 Å². The minimum absolute atomic E-state index is 1.12. The molecule has 11 aromatic rings. The van der Waals surface area contributed by atoms with Crippen LogP contribution in [0, 0.1) is 0 Å². The maximum absolute atomic E-state index is 2.51. The van der Waals surface area contributed by atoms with Crippen LogP contribution in [0.5, 0.6) is 0 Å². The van der Waals surface area contributed by atoms with Gasteiger partial charge in [0.15, 0.2) is 0 Å². The SMILES string of the molecule is c1ccc(-c2cccc3cccc(-c4ccccc4N(c4cccc(-c5cccc6c5sc5ccccc56)c4)c4cccc5c4sc4ccccc45)c23)cc1. The van der Waals surface area contributed by atoms with Crippen LogP contribution in [0.2, 0.25) is 0 Å². The Morgan fingerprint density at radius 3 is 1.65 bits per heavy atom. The molecule has 9 aromatic carbocycles. The van der Waals surface area contributed by atoms with Gasteiger partial charge in [0.1, 0.15) is 0 Å². The maximum atomic E-state index is 2.51. The van der Waals surface area contributed by atoms with Gasteiger partial charge in [-0.3, -0.25) is 0 Å². The fourth-order valence-electron chi connectivity index (χ4n) is 8.42. The Labute approximate surface area is 327 Å². The number of hydrogen-bond donors (Lipinski definition) is 0. The van der Waals surface area contributed by atoms with Crippen molar-refractivity contribution < 1.29 is 0 Å². The lowest BCUT2D eigenvalue weighted by Gasteiger charge is -2.29. The summed E-state index contributed by atoms with van der Waals surface area (Å²) in [6.45, 7) is 0. The predicted molar refractivity (Wildman–Crippen MR) is 241 cm³/mol. The lowest BCUT2D eigenvalue weighted by Crippen LogP contribution is -2.11. The van der Waals surface area contributed by atoms with Gasteiger partial charge in [0.2, 0.25) is 0 Å². The van der Waals surface area contributed by atoms with Gasteiger partial charge in [0, 0.05) is 46.9 Å². The number of fused-ring (bicyclic) bond motifs is 7. The minimum Gasteiger partial charge on any atom is -0.308 e. The van der Waals surface area contributed by atoms with Gasteiger partial charge in [0.05, 0.1) is 16.1 Å². The standard InChI is InChI=1S/C52H33NS2/c1-2-15-34(16-3-1)38-24-11-17-35-18-12-26-43(50(35)38)40-21-4-7-29-46(40)53(47-30-14-28-45-42-23-6-9-32-49(42)55-52(45)47)37-20-10-19-36(33-37)39-25-13-27-44-41-22-5-8-31-48(41)54-51(39)44/h1-33H. The van der Waals surface area contributed by atoms with Crippen LogP contribution >= 0.6 is 22.7 Å². The average Bonchev–Trinajstić information content (AvgIpc) is 3.83. The van der Waals surface area contributed by atoms with E-state index in [2.05, 4.69) is 205 Å². The van der Waals surface area contributed by atoms with Crippen molar-refractivity contribution in [1.82, 2.24) is 0 Å². The summed E-state index contributed by atoms with van der Waals surface area (Å²) < 4.78 is 5.21. The summed E-state index contributed by atoms with van der Waals surface area (Å²) in [5.41, 5.74) is 10.8. The molecule has 258 valence electrons. The molecule has 0 aliphatic carbocycles. The molecule has 0 atom stereocenters. The number of hydrogen-bond acceptors (Lipinski definition) is 3. The van der Waals surface area contributed by atoms with Crippen molar-refractivity contribution in [3.05, 3.63) is 200 Å². The Balaban J connectivity index is 1.18. The number of para-hydroxylation sites is 1. The van der Waals surface area contributed by atoms with Gasteiger partial charge in [0.25, 0.3) is 0 Å². The Bertz CT molecular complexity index is 3220. The van der Waals surface area contributed by atoms with Crippen LogP contribution in [0.1, 0.15) is 0 Å². The van der Waals surface area contributed by atoms with E-state index in [0.29, 0.717) is 0 Å². The number of rotatable bonds is 6. The molecule has 11 rings (SSSR count). The Kier molecular flexibility index (Phi) is 7.61. The monoisotopic (exact) mass is 735 g/mol. The fourth-order valence-corrected chi connectivity index (χ4v) is 10.9. The number of thiophene rings is 2. The third-order valence-electron chi connectivity index (χ3n) is 10.9. The molecule has 0 saturated carbocycles. The molecule has 0 saturated heterocycles. The summed E-state index contributed by atoms with van der Waals surface area (Å²) in [6, 6.07) is 73.4. The predicted octanol–water partition coefficient (Wildman–Crippen LogP) is 16.0. The first-order valence-corrected chi connectivity index (χ1v) is 20.3. The molecule has 0 unspecified atom stereocenters. The lowest BCUT2D eigenvalue weighted by atomic mass is 9.90. The summed E-state index contributed by atoms with van der Waals surface area (Å²) in [7, 11) is 0. The summed E-state index contributed by atoms with van der Waals surface area (Å²) >= 11 is 3.76. The Morgan fingerprint density at radius 2 is 0.855 bits per heavy atom. The van der Waals surface area contributed by atoms with Gasteiger partial charge in [-0.05, 0) is 75.0 Å². The summed E-state index contributed by atoms with van der Waals surface area (Å²) in [6.07, 6.45) is 0. The van der Waals surface area contributed by atoms with E-state index in [-0.39, 0.29) is 0 Å². The second kappa shape index (κ2) is 13.1. The zero-order chi connectivity index (χ0) is 36.3. The number of benzene rings is 9. The molecule has 0 radical (unpaired) electrons. The zero-order valence-corrected chi connectivity index (χ0v) is 31.4. The van der Waals surface area contributed by atoms with Crippen molar-refractivity contribution >= 4 is 90.9 Å². The minimum atomic E-state index is 1.12. The molecule has 0 bridgehead atoms. The Morgan fingerprint density at radius 1 is 0.327 bits per heavy atom. The topological polar surface area (TPSA) is 3.24 Å². The van der Waals surface area contributed by atoms with Crippen molar-refractivity contribution in [3.8, 4) is 33.4 Å². The van der Waals surface area contributed by atoms with Crippen molar-refractivity contribution in [2.75, 3.05) is 4.90 Å². The zero-order valence-electron chi connectivity index (χ0n) is 29.8. The fraction of sp³-hybridized carbons (Fsp3) is 0. The van der Waals surface area contributed by atoms with Gasteiger partial charge in [-0.2, -0.15) is 0 Å². The first-order chi connectivity index (χ1) is 27.3. The van der Waals surface area contributed by atoms with E-state index in [1.54, 1.807) is 0 Å². The third kappa shape index (κ3) is 5.27. The van der Waals surface area contributed by atoms with Crippen LogP contribution in [0.4, 0.5) is 17.1 Å². The first kappa shape index (κ1) is 32.0. The van der Waals surface area contributed by atoms with Gasteiger partial charge in [-0.15, -0.1) is 22.7 Å². The molecule has 0 aliphatic rings. The van der Waals surface area contributed by atoms with E-state index in [9.17, 15) is 0 Å². The smallest absolute Gasteiger partial charge is 0.0640 e. The lowest BCUT2D eigenvalue weighted by molar-refractivity contribution is 1.30. The van der Waals surface area contributed by atoms with Crippen LogP contribution in [0.15, 0.2) is 200 Å². The maximum Gasteiger partial charge on any atom is 0.0640 e. The second-order valence-corrected chi connectivity index (χ2v) is 16.1. The summed E-state index contributed by atoms with van der Waals surface area (Å²) in [4.78, 5) is 2.51. The van der Waals surface area contributed by atoms with E-state index >= 15 is 0 Å². The van der Waals surface area contributed by atoms with E-state index in [1.165, 1.54) is 90.2 Å².